The molecule has 0 aromatic heterocycles. The summed E-state index contributed by atoms with van der Waals surface area (Å²) >= 11 is 0. The number of fused-ring (bicyclic) bond motifs is 1. The van der Waals surface area contributed by atoms with Gasteiger partial charge >= 0.3 is 12.2 Å². The number of halogens is 3. The Morgan fingerprint density at radius 3 is 2.30 bits per heavy atom. The summed E-state index contributed by atoms with van der Waals surface area (Å²) in [5, 5.41) is 4.52. The van der Waals surface area contributed by atoms with Crippen LogP contribution in [0.1, 0.15) is 11.1 Å². The maximum absolute atomic E-state index is 13.3. The van der Waals surface area contributed by atoms with E-state index < -0.39 is 17.8 Å². The zero-order chi connectivity index (χ0) is 21.7. The monoisotopic (exact) mass is 415 g/mol. The molecule has 0 bridgehead atoms. The second kappa shape index (κ2) is 9.17. The Labute approximate surface area is 173 Å². The highest BCUT2D eigenvalue weighted by molar-refractivity contribution is 5.91. The number of rotatable bonds is 6. The predicted molar refractivity (Wildman–Crippen MR) is 113 cm³/mol. The van der Waals surface area contributed by atoms with Gasteiger partial charge in [-0.15, -0.1) is 0 Å². The molecule has 0 atom stereocenters. The van der Waals surface area contributed by atoms with Crippen molar-refractivity contribution < 1.29 is 18.0 Å². The zero-order valence-corrected chi connectivity index (χ0v) is 16.9. The maximum atomic E-state index is 13.3. The molecule has 0 aliphatic rings. The fourth-order valence-corrected chi connectivity index (χ4v) is 3.24. The Morgan fingerprint density at radius 1 is 0.900 bits per heavy atom. The van der Waals surface area contributed by atoms with E-state index in [1.807, 2.05) is 61.5 Å². The van der Waals surface area contributed by atoms with E-state index in [0.717, 1.165) is 22.4 Å². The molecule has 3 aromatic carbocycles. The lowest BCUT2D eigenvalue weighted by atomic mass is 10.0. The lowest BCUT2D eigenvalue weighted by Crippen LogP contribution is -2.39. The Balaban J connectivity index is 1.88. The van der Waals surface area contributed by atoms with E-state index >= 15 is 0 Å². The number of anilines is 1. The number of benzene rings is 3. The highest BCUT2D eigenvalue weighted by Gasteiger charge is 2.34. The fourth-order valence-electron chi connectivity index (χ4n) is 3.24. The van der Waals surface area contributed by atoms with Gasteiger partial charge in [-0.05, 0) is 42.6 Å². The van der Waals surface area contributed by atoms with Crippen LogP contribution in [0.25, 0.3) is 10.8 Å². The Morgan fingerprint density at radius 2 is 1.57 bits per heavy atom. The largest absolute Gasteiger partial charge is 0.418 e. The quantitative estimate of drug-likeness (QED) is 0.581. The fraction of sp³-hybridized carbons (Fsp3) is 0.261. The molecule has 0 spiro atoms. The number of carbonyl (C=O) groups is 1. The summed E-state index contributed by atoms with van der Waals surface area (Å²) in [6.07, 6.45) is -4.55. The number of urea groups is 1. The van der Waals surface area contributed by atoms with Gasteiger partial charge in [0.25, 0.3) is 0 Å². The highest BCUT2D eigenvalue weighted by Crippen LogP contribution is 2.34. The van der Waals surface area contributed by atoms with E-state index in [0.29, 0.717) is 13.1 Å². The summed E-state index contributed by atoms with van der Waals surface area (Å²) in [6, 6.07) is 18.1. The first-order valence-corrected chi connectivity index (χ1v) is 9.59. The minimum atomic E-state index is -4.55. The second-order valence-corrected chi connectivity index (χ2v) is 7.34. The van der Waals surface area contributed by atoms with Gasteiger partial charge in [-0.1, -0.05) is 54.6 Å². The first-order valence-electron chi connectivity index (χ1n) is 9.59. The molecule has 0 aliphatic carbocycles. The summed E-state index contributed by atoms with van der Waals surface area (Å²) in [5.74, 6) is 0. The number of carbonyl (C=O) groups excluding carboxylic acids is 1. The van der Waals surface area contributed by atoms with Crippen molar-refractivity contribution in [3.63, 3.8) is 0 Å². The van der Waals surface area contributed by atoms with Crippen molar-refractivity contribution in [3.05, 3.63) is 77.9 Å². The molecule has 0 radical (unpaired) electrons. The summed E-state index contributed by atoms with van der Waals surface area (Å²) in [4.78, 5) is 16.4. The van der Waals surface area contributed by atoms with Gasteiger partial charge in [0.2, 0.25) is 0 Å². The lowest BCUT2D eigenvalue weighted by Gasteiger charge is -2.26. The summed E-state index contributed by atoms with van der Waals surface area (Å²) < 4.78 is 39.9. The minimum absolute atomic E-state index is 0.247. The molecule has 0 unspecified atom stereocenters. The van der Waals surface area contributed by atoms with Gasteiger partial charge in [0.05, 0.1) is 11.3 Å². The normalized spacial score (nSPS) is 11.7. The number of hydrogen-bond donors (Lipinski definition) is 1. The van der Waals surface area contributed by atoms with Gasteiger partial charge in [0.15, 0.2) is 0 Å². The molecule has 3 aromatic rings. The van der Waals surface area contributed by atoms with E-state index in [4.69, 9.17) is 0 Å². The molecule has 4 nitrogen and oxygen atoms in total. The van der Waals surface area contributed by atoms with Crippen LogP contribution in [0.5, 0.6) is 0 Å². The van der Waals surface area contributed by atoms with Crippen LogP contribution in [-0.2, 0) is 12.7 Å². The standard InChI is InChI=1S/C23H24F3N3O/c1-28(2)14-15-29(16-18-10-7-9-17-8-3-4-11-19(17)18)22(30)27-21-13-6-5-12-20(21)23(24,25)26/h3-13H,14-16H2,1-2H3,(H,27,30). The molecule has 0 saturated heterocycles. The number of alkyl halides is 3. The summed E-state index contributed by atoms with van der Waals surface area (Å²) in [5.41, 5.74) is -0.176. The number of para-hydroxylation sites is 1. The van der Waals surface area contributed by atoms with Crippen molar-refractivity contribution in [1.82, 2.24) is 9.80 Å². The van der Waals surface area contributed by atoms with Crippen molar-refractivity contribution >= 4 is 22.5 Å². The molecule has 7 heteroatoms. The second-order valence-electron chi connectivity index (χ2n) is 7.34. The van der Waals surface area contributed by atoms with Gasteiger partial charge in [0, 0.05) is 19.6 Å². The molecule has 1 N–H and O–H groups in total. The molecule has 158 valence electrons. The van der Waals surface area contributed by atoms with Crippen LogP contribution in [0, 0.1) is 0 Å². The lowest BCUT2D eigenvalue weighted by molar-refractivity contribution is -0.136. The SMILES string of the molecule is CN(C)CCN(Cc1cccc2ccccc12)C(=O)Nc1ccccc1C(F)(F)F. The van der Waals surface area contributed by atoms with E-state index in [1.165, 1.54) is 23.1 Å². The number of nitrogens with zero attached hydrogens (tertiary/aromatic N) is 2. The highest BCUT2D eigenvalue weighted by atomic mass is 19.4. The number of nitrogens with one attached hydrogen (secondary N) is 1. The van der Waals surface area contributed by atoms with Crippen molar-refractivity contribution in [2.75, 3.05) is 32.5 Å². The van der Waals surface area contributed by atoms with Crippen LogP contribution in [0.4, 0.5) is 23.7 Å². The number of amides is 2. The Kier molecular flexibility index (Phi) is 6.62. The maximum Gasteiger partial charge on any atom is 0.418 e. The predicted octanol–water partition coefficient (Wildman–Crippen LogP) is 5.45. The molecule has 0 fully saturated rings. The van der Waals surface area contributed by atoms with Crippen LogP contribution in [0.3, 0.4) is 0 Å². The molecule has 0 aliphatic heterocycles. The van der Waals surface area contributed by atoms with E-state index in [1.54, 1.807) is 0 Å². The first-order chi connectivity index (χ1) is 14.3. The smallest absolute Gasteiger partial charge is 0.319 e. The summed E-state index contributed by atoms with van der Waals surface area (Å²) in [6.45, 7) is 1.24. The molecule has 0 heterocycles. The van der Waals surface area contributed by atoms with Crippen LogP contribution in [0.2, 0.25) is 0 Å². The van der Waals surface area contributed by atoms with Crippen LogP contribution >= 0.6 is 0 Å². The van der Waals surface area contributed by atoms with Gasteiger partial charge in [0.1, 0.15) is 0 Å². The van der Waals surface area contributed by atoms with Gasteiger partial charge in [-0.2, -0.15) is 13.2 Å². The van der Waals surface area contributed by atoms with Gasteiger partial charge in [-0.25, -0.2) is 4.79 Å². The van der Waals surface area contributed by atoms with Gasteiger partial charge in [-0.3, -0.25) is 0 Å². The van der Waals surface area contributed by atoms with Crippen LogP contribution in [0.15, 0.2) is 66.7 Å². The molecule has 2 amide bonds. The third-order valence-corrected chi connectivity index (χ3v) is 4.82. The third kappa shape index (κ3) is 5.30. The average Bonchev–Trinajstić information content (AvgIpc) is 2.70. The van der Waals surface area contributed by atoms with E-state index in [2.05, 4.69) is 5.32 Å². The Hall–Kier alpha value is -3.06. The minimum Gasteiger partial charge on any atom is -0.319 e. The molecule has 3 rings (SSSR count). The van der Waals surface area contributed by atoms with E-state index in [-0.39, 0.29) is 12.2 Å². The van der Waals surface area contributed by atoms with Crippen molar-refractivity contribution in [2.24, 2.45) is 0 Å². The summed E-state index contributed by atoms with van der Waals surface area (Å²) in [7, 11) is 3.76. The van der Waals surface area contributed by atoms with Crippen LogP contribution < -0.4 is 5.32 Å². The van der Waals surface area contributed by atoms with E-state index in [9.17, 15) is 18.0 Å². The molecular formula is C23H24F3N3O. The third-order valence-electron chi connectivity index (χ3n) is 4.82. The number of likely N-dealkylation sites (N-methyl/N-ethyl adjacent to an activating group) is 1. The molecule has 30 heavy (non-hydrogen) atoms. The van der Waals surface area contributed by atoms with Gasteiger partial charge < -0.3 is 15.1 Å². The number of hydrogen-bond acceptors (Lipinski definition) is 2. The van der Waals surface area contributed by atoms with Crippen LogP contribution in [-0.4, -0.2) is 43.0 Å². The first kappa shape index (κ1) is 21.6. The van der Waals surface area contributed by atoms with Crippen molar-refractivity contribution in [2.45, 2.75) is 12.7 Å². The van der Waals surface area contributed by atoms with Crippen molar-refractivity contribution in [3.8, 4) is 0 Å². The van der Waals surface area contributed by atoms with Crippen molar-refractivity contribution in [1.29, 1.82) is 0 Å². The topological polar surface area (TPSA) is 35.6 Å². The molecule has 0 saturated carbocycles. The molecular weight excluding hydrogens is 391 g/mol. The Bertz CT molecular complexity index is 1010. The average molecular weight is 415 g/mol. The zero-order valence-electron chi connectivity index (χ0n) is 16.9.